The summed E-state index contributed by atoms with van der Waals surface area (Å²) < 4.78 is 10.4. The Balaban J connectivity index is 1.58. The summed E-state index contributed by atoms with van der Waals surface area (Å²) in [5.74, 6) is -1.11. The van der Waals surface area contributed by atoms with E-state index in [2.05, 4.69) is 15.0 Å². The molecule has 28 heavy (non-hydrogen) atoms. The van der Waals surface area contributed by atoms with Crippen molar-refractivity contribution in [1.29, 1.82) is 0 Å². The fourth-order valence-corrected chi connectivity index (χ4v) is 3.63. The molecule has 0 aromatic carbocycles. The van der Waals surface area contributed by atoms with Crippen molar-refractivity contribution < 1.29 is 24.5 Å². The van der Waals surface area contributed by atoms with Crippen LogP contribution in [0.5, 0.6) is 0 Å². The average Bonchev–Trinajstić information content (AvgIpc) is 3.21. The molecule has 0 bridgehead atoms. The number of aliphatic hydroxyl groups excluding tert-OH is 2. The van der Waals surface area contributed by atoms with Crippen molar-refractivity contribution in [1.82, 2.24) is 15.0 Å². The summed E-state index contributed by atoms with van der Waals surface area (Å²) in [6, 6.07) is -0.695. The Morgan fingerprint density at radius 2 is 2.11 bits per heavy atom. The van der Waals surface area contributed by atoms with Crippen LogP contribution in [0.4, 0.5) is 0 Å². The summed E-state index contributed by atoms with van der Waals surface area (Å²) in [7, 11) is 0. The van der Waals surface area contributed by atoms with Crippen molar-refractivity contribution >= 4 is 17.0 Å². The van der Waals surface area contributed by atoms with Crippen LogP contribution < -0.4 is 5.73 Å². The van der Waals surface area contributed by atoms with Crippen LogP contribution in [-0.2, 0) is 14.3 Å². The van der Waals surface area contributed by atoms with E-state index in [1.807, 2.05) is 27.0 Å². The van der Waals surface area contributed by atoms with E-state index in [9.17, 15) is 15.0 Å². The first kappa shape index (κ1) is 20.7. The highest BCUT2D eigenvalue weighted by Gasteiger charge is 2.43. The van der Waals surface area contributed by atoms with Crippen LogP contribution in [0.25, 0.3) is 11.0 Å². The first-order valence-corrected chi connectivity index (χ1v) is 9.46. The first-order chi connectivity index (χ1) is 13.3. The van der Waals surface area contributed by atoms with Gasteiger partial charge in [-0.05, 0) is 19.3 Å². The number of aliphatic hydroxyl groups is 2. The predicted molar refractivity (Wildman–Crippen MR) is 101 cm³/mol. The third-order valence-electron chi connectivity index (χ3n) is 5.49. The van der Waals surface area contributed by atoms with Gasteiger partial charge in [0.05, 0.1) is 35.5 Å². The van der Waals surface area contributed by atoms with Gasteiger partial charge in [0.1, 0.15) is 12.4 Å². The molecule has 0 spiro atoms. The quantitative estimate of drug-likeness (QED) is 0.304. The highest BCUT2D eigenvalue weighted by molar-refractivity contribution is 5.81. The summed E-state index contributed by atoms with van der Waals surface area (Å²) in [6.07, 6.45) is 1.96. The predicted octanol–water partition coefficient (Wildman–Crippen LogP) is 0.592. The Bertz CT molecular complexity index is 824. The lowest BCUT2D eigenvalue weighted by atomic mass is 9.96. The second kappa shape index (κ2) is 8.52. The first-order valence-electron chi connectivity index (χ1n) is 9.46. The highest BCUT2D eigenvalue weighted by Crippen LogP contribution is 2.41. The van der Waals surface area contributed by atoms with Gasteiger partial charge >= 0.3 is 5.97 Å². The molecule has 0 amide bonds. The second-order valence-corrected chi connectivity index (χ2v) is 7.73. The monoisotopic (exact) mass is 392 g/mol. The normalized spacial score (nSPS) is 26.1. The molecule has 0 saturated heterocycles. The number of aryl methyl sites for hydroxylation is 1. The minimum absolute atomic E-state index is 0.0244. The van der Waals surface area contributed by atoms with Crippen molar-refractivity contribution in [3.63, 3.8) is 0 Å². The SMILES string of the molecule is Cc1ncnc2c([C@@H]3C[C@H](COCOC(=O)[C@@H](N)C(C)C)[C@@H](O)[C@H]3O)c[nH]c12. The Morgan fingerprint density at radius 3 is 2.82 bits per heavy atom. The van der Waals surface area contributed by atoms with Gasteiger partial charge in [-0.25, -0.2) is 9.97 Å². The second-order valence-electron chi connectivity index (χ2n) is 7.73. The van der Waals surface area contributed by atoms with E-state index in [-0.39, 0.29) is 31.2 Å². The van der Waals surface area contributed by atoms with Gasteiger partial charge in [0, 0.05) is 23.6 Å². The summed E-state index contributed by atoms with van der Waals surface area (Å²) in [4.78, 5) is 23.4. The van der Waals surface area contributed by atoms with Crippen molar-refractivity contribution in [2.24, 2.45) is 17.6 Å². The van der Waals surface area contributed by atoms with Crippen LogP contribution in [-0.4, -0.2) is 62.8 Å². The van der Waals surface area contributed by atoms with E-state index in [1.165, 1.54) is 6.33 Å². The molecule has 1 aliphatic carbocycles. The van der Waals surface area contributed by atoms with Crippen molar-refractivity contribution in [2.75, 3.05) is 13.4 Å². The Labute approximate surface area is 163 Å². The lowest BCUT2D eigenvalue weighted by molar-refractivity contribution is -0.160. The van der Waals surface area contributed by atoms with Gasteiger partial charge in [0.2, 0.25) is 0 Å². The van der Waals surface area contributed by atoms with E-state index >= 15 is 0 Å². The van der Waals surface area contributed by atoms with Gasteiger partial charge in [-0.3, -0.25) is 4.79 Å². The number of fused-ring (bicyclic) bond motifs is 1. The molecule has 9 heteroatoms. The molecule has 1 aliphatic rings. The number of nitrogens with one attached hydrogen (secondary N) is 1. The van der Waals surface area contributed by atoms with Gasteiger partial charge in [-0.15, -0.1) is 0 Å². The third kappa shape index (κ3) is 4.02. The number of H-pyrrole nitrogens is 1. The molecule has 1 saturated carbocycles. The molecule has 2 aromatic rings. The summed E-state index contributed by atoms with van der Waals surface area (Å²) in [5, 5.41) is 21.0. The fourth-order valence-electron chi connectivity index (χ4n) is 3.63. The minimum atomic E-state index is -0.938. The fraction of sp³-hybridized carbons (Fsp3) is 0.632. The van der Waals surface area contributed by atoms with Crippen LogP contribution in [0.1, 0.15) is 37.4 Å². The van der Waals surface area contributed by atoms with E-state index < -0.39 is 24.2 Å². The molecular weight excluding hydrogens is 364 g/mol. The number of ether oxygens (including phenoxy) is 2. The Morgan fingerprint density at radius 1 is 1.36 bits per heavy atom. The molecule has 0 radical (unpaired) electrons. The lowest BCUT2D eigenvalue weighted by Crippen LogP contribution is -2.37. The van der Waals surface area contributed by atoms with Gasteiger partial charge in [0.15, 0.2) is 6.79 Å². The molecule has 2 heterocycles. The van der Waals surface area contributed by atoms with Gasteiger partial charge in [0.25, 0.3) is 0 Å². The molecular formula is C19H28N4O5. The topological polar surface area (TPSA) is 144 Å². The minimum Gasteiger partial charge on any atom is -0.437 e. The standard InChI is InChI=1S/C19H28N4O5/c1-9(2)14(20)19(26)28-8-27-6-11-4-12(18(25)17(11)24)13-5-21-15-10(3)22-7-23-16(13)15/h5,7,9,11-12,14,17-18,21,24-25H,4,6,8,20H2,1-3H3/t11-,12+,14+,17-,18+/m1/s1. The zero-order chi connectivity index (χ0) is 20.4. The number of carbonyl (C=O) groups excluding carboxylic acids is 1. The molecule has 1 fully saturated rings. The maximum atomic E-state index is 11.7. The van der Waals surface area contributed by atoms with Gasteiger partial charge in [-0.2, -0.15) is 0 Å². The van der Waals surface area contributed by atoms with Crippen LogP contribution in [0.15, 0.2) is 12.5 Å². The molecule has 5 N–H and O–H groups in total. The smallest absolute Gasteiger partial charge is 0.325 e. The zero-order valence-corrected chi connectivity index (χ0v) is 16.3. The number of rotatable bonds is 7. The van der Waals surface area contributed by atoms with E-state index in [4.69, 9.17) is 15.2 Å². The number of nitrogens with two attached hydrogens (primary N) is 1. The largest absolute Gasteiger partial charge is 0.437 e. The van der Waals surface area contributed by atoms with Crippen LogP contribution in [0.3, 0.4) is 0 Å². The molecule has 0 unspecified atom stereocenters. The molecule has 3 rings (SSSR count). The number of aromatic nitrogens is 3. The number of aromatic amines is 1. The van der Waals surface area contributed by atoms with E-state index in [1.54, 1.807) is 0 Å². The maximum absolute atomic E-state index is 11.7. The van der Waals surface area contributed by atoms with Crippen LogP contribution in [0.2, 0.25) is 0 Å². The van der Waals surface area contributed by atoms with Crippen LogP contribution >= 0.6 is 0 Å². The summed E-state index contributed by atoms with van der Waals surface area (Å²) in [6.45, 7) is 5.48. The molecule has 154 valence electrons. The molecule has 0 aliphatic heterocycles. The number of hydrogen-bond donors (Lipinski definition) is 4. The number of carbonyl (C=O) groups is 1. The Kier molecular flexibility index (Phi) is 6.29. The van der Waals surface area contributed by atoms with Gasteiger partial charge in [-0.1, -0.05) is 13.8 Å². The van der Waals surface area contributed by atoms with E-state index in [0.29, 0.717) is 6.42 Å². The van der Waals surface area contributed by atoms with E-state index in [0.717, 1.165) is 22.3 Å². The van der Waals surface area contributed by atoms with Crippen molar-refractivity contribution in [3.8, 4) is 0 Å². The average molecular weight is 392 g/mol. The maximum Gasteiger partial charge on any atom is 0.325 e. The number of esters is 1. The lowest BCUT2D eigenvalue weighted by Gasteiger charge is -2.18. The zero-order valence-electron chi connectivity index (χ0n) is 16.3. The third-order valence-corrected chi connectivity index (χ3v) is 5.49. The van der Waals surface area contributed by atoms with Crippen molar-refractivity contribution in [2.45, 2.75) is 51.4 Å². The summed E-state index contributed by atoms with van der Waals surface area (Å²) in [5.41, 5.74) is 8.97. The summed E-state index contributed by atoms with van der Waals surface area (Å²) >= 11 is 0. The highest BCUT2D eigenvalue weighted by atomic mass is 16.7. The van der Waals surface area contributed by atoms with Gasteiger partial charge < -0.3 is 30.4 Å². The number of nitrogens with zero attached hydrogens (tertiary/aromatic N) is 2. The van der Waals surface area contributed by atoms with Crippen molar-refractivity contribution in [3.05, 3.63) is 23.8 Å². The molecule has 2 aromatic heterocycles. The Hall–Kier alpha value is -2.07. The number of hydrogen-bond acceptors (Lipinski definition) is 8. The molecule has 9 nitrogen and oxygen atoms in total. The molecule has 5 atom stereocenters. The van der Waals surface area contributed by atoms with Crippen LogP contribution in [0, 0.1) is 18.8 Å².